The molecule has 1 aromatic carbocycles. The Labute approximate surface area is 195 Å². The minimum Gasteiger partial charge on any atom is -0.503 e. The number of rotatable bonds is 17. The Kier molecular flexibility index (Phi) is 12.2. The van der Waals surface area contributed by atoms with Crippen LogP contribution >= 0.6 is 0 Å². The molecule has 1 N–H and O–H groups in total. The molecular formula is C28H43NO3. The lowest BCUT2D eigenvalue weighted by molar-refractivity contribution is -0.129. The molecule has 1 atom stereocenters. The van der Waals surface area contributed by atoms with Crippen molar-refractivity contribution in [1.29, 1.82) is 0 Å². The lowest BCUT2D eigenvalue weighted by Crippen LogP contribution is -2.32. The molecule has 178 valence electrons. The van der Waals surface area contributed by atoms with Crippen LogP contribution in [0.3, 0.4) is 0 Å². The van der Waals surface area contributed by atoms with Crippen molar-refractivity contribution in [2.75, 3.05) is 6.54 Å². The van der Waals surface area contributed by atoms with Crippen LogP contribution in [0.25, 0.3) is 0 Å². The quantitative estimate of drug-likeness (QED) is 0.255. The molecule has 0 bridgehead atoms. The van der Waals surface area contributed by atoms with E-state index in [1.54, 1.807) is 4.90 Å². The summed E-state index contributed by atoms with van der Waals surface area (Å²) in [7, 11) is 0. The molecule has 4 heteroatoms. The molecule has 4 nitrogen and oxygen atoms in total. The Hall–Kier alpha value is -2.10. The van der Waals surface area contributed by atoms with Gasteiger partial charge >= 0.3 is 0 Å². The number of hydrogen-bond donors (Lipinski definition) is 1. The van der Waals surface area contributed by atoms with Crippen LogP contribution < -0.4 is 0 Å². The minimum absolute atomic E-state index is 0.228. The SMILES string of the molecule is CCCCCCCCCCCCCCCCN1C(=O)C(O)=C(C(C)=O)C1c1ccccc1. The number of hydrogen-bond acceptors (Lipinski definition) is 3. The van der Waals surface area contributed by atoms with Crippen LogP contribution in [0.4, 0.5) is 0 Å². The molecule has 1 aliphatic heterocycles. The second-order valence-electron chi connectivity index (χ2n) is 9.23. The number of ketones is 1. The zero-order valence-corrected chi connectivity index (χ0v) is 20.3. The van der Waals surface area contributed by atoms with Crippen LogP contribution in [0.15, 0.2) is 41.7 Å². The van der Waals surface area contributed by atoms with E-state index in [0.717, 1.165) is 18.4 Å². The first-order chi connectivity index (χ1) is 15.6. The maximum Gasteiger partial charge on any atom is 0.290 e. The zero-order valence-electron chi connectivity index (χ0n) is 20.3. The Morgan fingerprint density at radius 2 is 1.28 bits per heavy atom. The second kappa shape index (κ2) is 14.9. The third kappa shape index (κ3) is 8.11. The summed E-state index contributed by atoms with van der Waals surface area (Å²) in [6.45, 7) is 4.25. The monoisotopic (exact) mass is 441 g/mol. The fraction of sp³-hybridized carbons (Fsp3) is 0.643. The molecule has 0 aromatic heterocycles. The molecule has 0 fully saturated rings. The van der Waals surface area contributed by atoms with Crippen molar-refractivity contribution in [3.63, 3.8) is 0 Å². The highest BCUT2D eigenvalue weighted by molar-refractivity contribution is 6.08. The first-order valence-electron chi connectivity index (χ1n) is 12.9. The predicted molar refractivity (Wildman–Crippen MR) is 132 cm³/mol. The van der Waals surface area contributed by atoms with E-state index in [9.17, 15) is 14.7 Å². The van der Waals surface area contributed by atoms with Gasteiger partial charge in [0, 0.05) is 6.54 Å². The van der Waals surface area contributed by atoms with E-state index in [0.29, 0.717) is 6.54 Å². The number of benzene rings is 1. The maximum absolute atomic E-state index is 12.6. The fourth-order valence-electron chi connectivity index (χ4n) is 4.70. The van der Waals surface area contributed by atoms with Gasteiger partial charge in [-0.2, -0.15) is 0 Å². The number of carbonyl (C=O) groups excluding carboxylic acids is 2. The van der Waals surface area contributed by atoms with E-state index in [1.165, 1.54) is 84.0 Å². The number of unbranched alkanes of at least 4 members (excludes halogenated alkanes) is 13. The van der Waals surface area contributed by atoms with Gasteiger partial charge in [-0.3, -0.25) is 9.59 Å². The van der Waals surface area contributed by atoms with Crippen molar-refractivity contribution in [2.24, 2.45) is 0 Å². The van der Waals surface area contributed by atoms with E-state index in [2.05, 4.69) is 6.92 Å². The van der Waals surface area contributed by atoms with Gasteiger partial charge in [-0.25, -0.2) is 0 Å². The maximum atomic E-state index is 12.6. The Morgan fingerprint density at radius 1 is 0.812 bits per heavy atom. The van der Waals surface area contributed by atoms with Gasteiger partial charge in [0.1, 0.15) is 0 Å². The molecule has 2 rings (SSSR count). The van der Waals surface area contributed by atoms with E-state index in [4.69, 9.17) is 0 Å². The van der Waals surface area contributed by atoms with Gasteiger partial charge in [-0.15, -0.1) is 0 Å². The predicted octanol–water partition coefficient (Wildman–Crippen LogP) is 7.45. The van der Waals surface area contributed by atoms with Gasteiger partial charge in [-0.05, 0) is 18.9 Å². The number of aliphatic hydroxyl groups excluding tert-OH is 1. The van der Waals surface area contributed by atoms with Crippen LogP contribution in [0.5, 0.6) is 0 Å². The fourth-order valence-corrected chi connectivity index (χ4v) is 4.70. The standard InChI is InChI=1S/C28H43NO3/c1-3-4-5-6-7-8-9-10-11-12-13-14-15-19-22-29-26(24-20-17-16-18-21-24)25(23(2)30)27(31)28(29)32/h16-18,20-21,26,31H,3-15,19,22H2,1-2H3. The molecule has 1 aliphatic rings. The molecule has 0 saturated carbocycles. The lowest BCUT2D eigenvalue weighted by atomic mass is 9.96. The van der Waals surface area contributed by atoms with E-state index in [-0.39, 0.29) is 17.1 Å². The molecule has 1 aromatic rings. The summed E-state index contributed by atoms with van der Waals surface area (Å²) in [6.07, 6.45) is 18.0. The van der Waals surface area contributed by atoms with Crippen molar-refractivity contribution in [3.05, 3.63) is 47.2 Å². The van der Waals surface area contributed by atoms with Crippen LogP contribution in [-0.2, 0) is 9.59 Å². The Balaban J connectivity index is 1.64. The van der Waals surface area contributed by atoms with E-state index in [1.807, 2.05) is 30.3 Å². The van der Waals surface area contributed by atoms with Crippen molar-refractivity contribution in [2.45, 2.75) is 110 Å². The molecule has 0 aliphatic carbocycles. The molecule has 1 amide bonds. The van der Waals surface area contributed by atoms with Gasteiger partial charge in [0.15, 0.2) is 11.5 Å². The van der Waals surface area contributed by atoms with Crippen LogP contribution in [-0.4, -0.2) is 28.2 Å². The average molecular weight is 442 g/mol. The van der Waals surface area contributed by atoms with Crippen LogP contribution in [0.2, 0.25) is 0 Å². The summed E-state index contributed by atoms with van der Waals surface area (Å²) >= 11 is 0. The van der Waals surface area contributed by atoms with Crippen molar-refractivity contribution in [1.82, 2.24) is 4.90 Å². The van der Waals surface area contributed by atoms with Gasteiger partial charge in [0.25, 0.3) is 5.91 Å². The second-order valence-corrected chi connectivity index (χ2v) is 9.23. The van der Waals surface area contributed by atoms with Crippen molar-refractivity contribution >= 4 is 11.7 Å². The molecule has 0 radical (unpaired) electrons. The lowest BCUT2D eigenvalue weighted by Gasteiger charge is -2.26. The van der Waals surface area contributed by atoms with Gasteiger partial charge in [0.2, 0.25) is 0 Å². The summed E-state index contributed by atoms with van der Waals surface area (Å²) in [4.78, 5) is 26.4. The summed E-state index contributed by atoms with van der Waals surface area (Å²) in [5, 5.41) is 10.3. The first kappa shape index (κ1) is 26.2. The largest absolute Gasteiger partial charge is 0.503 e. The summed E-state index contributed by atoms with van der Waals surface area (Å²) in [5.74, 6) is -1.04. The van der Waals surface area contributed by atoms with Crippen LogP contribution in [0, 0.1) is 0 Å². The molecule has 0 saturated heterocycles. The molecule has 1 heterocycles. The summed E-state index contributed by atoms with van der Waals surface area (Å²) in [5.41, 5.74) is 1.10. The highest BCUT2D eigenvalue weighted by Gasteiger charge is 2.41. The van der Waals surface area contributed by atoms with Crippen LogP contribution in [0.1, 0.15) is 115 Å². The molecule has 32 heavy (non-hydrogen) atoms. The van der Waals surface area contributed by atoms with Crippen molar-refractivity contribution in [3.8, 4) is 0 Å². The van der Waals surface area contributed by atoms with Gasteiger partial charge in [0.05, 0.1) is 11.6 Å². The minimum atomic E-state index is -0.469. The summed E-state index contributed by atoms with van der Waals surface area (Å²) < 4.78 is 0. The molecule has 1 unspecified atom stereocenters. The van der Waals surface area contributed by atoms with Crippen molar-refractivity contribution < 1.29 is 14.7 Å². The molecular weight excluding hydrogens is 398 g/mol. The Morgan fingerprint density at radius 3 is 1.75 bits per heavy atom. The smallest absolute Gasteiger partial charge is 0.290 e. The number of aliphatic hydroxyl groups is 1. The number of carbonyl (C=O) groups is 2. The number of amides is 1. The highest BCUT2D eigenvalue weighted by atomic mass is 16.3. The zero-order chi connectivity index (χ0) is 23.2. The topological polar surface area (TPSA) is 57.6 Å². The third-order valence-corrected chi connectivity index (χ3v) is 6.55. The number of nitrogens with zero attached hydrogens (tertiary/aromatic N) is 1. The van der Waals surface area contributed by atoms with E-state index < -0.39 is 11.9 Å². The normalized spacial score (nSPS) is 16.2. The highest BCUT2D eigenvalue weighted by Crippen LogP contribution is 2.37. The number of Topliss-reactive ketones (excluding diaryl/α,β-unsaturated/α-hetero) is 1. The summed E-state index contributed by atoms with van der Waals surface area (Å²) in [6, 6.07) is 9.07. The average Bonchev–Trinajstić information content (AvgIpc) is 3.05. The molecule has 0 spiro atoms. The Bertz CT molecular complexity index is 725. The van der Waals surface area contributed by atoms with E-state index >= 15 is 0 Å². The third-order valence-electron chi connectivity index (χ3n) is 6.55. The van der Waals surface area contributed by atoms with Gasteiger partial charge < -0.3 is 10.0 Å². The first-order valence-corrected chi connectivity index (χ1v) is 12.9. The van der Waals surface area contributed by atoms with Gasteiger partial charge in [-0.1, -0.05) is 121 Å².